The maximum atomic E-state index is 13.0. The molecule has 3 nitrogen and oxygen atoms in total. The highest BCUT2D eigenvalue weighted by atomic mass is 19.1. The Morgan fingerprint density at radius 1 is 1.17 bits per heavy atom. The summed E-state index contributed by atoms with van der Waals surface area (Å²) in [6, 6.07) is 9.81. The predicted molar refractivity (Wildman–Crippen MR) is 68.1 cm³/mol. The summed E-state index contributed by atoms with van der Waals surface area (Å²) < 4.78 is 13.0. The Hall–Kier alpha value is -2.41. The van der Waals surface area contributed by atoms with Gasteiger partial charge in [-0.2, -0.15) is 5.26 Å². The van der Waals surface area contributed by atoms with Crippen LogP contribution >= 0.6 is 0 Å². The van der Waals surface area contributed by atoms with Gasteiger partial charge in [0.25, 0.3) is 0 Å². The fourth-order valence-corrected chi connectivity index (χ4v) is 1.68. The van der Waals surface area contributed by atoms with Crippen LogP contribution in [-0.4, -0.2) is 4.98 Å². The number of nitrogens with one attached hydrogen (secondary N) is 1. The van der Waals surface area contributed by atoms with Crippen LogP contribution in [0.1, 0.15) is 17.0 Å². The van der Waals surface area contributed by atoms with E-state index in [0.29, 0.717) is 5.69 Å². The maximum absolute atomic E-state index is 13.0. The van der Waals surface area contributed by atoms with Crippen molar-refractivity contribution in [1.29, 1.82) is 5.26 Å². The first-order valence-electron chi connectivity index (χ1n) is 5.51. The van der Waals surface area contributed by atoms with Crippen LogP contribution in [0.3, 0.4) is 0 Å². The zero-order valence-electron chi connectivity index (χ0n) is 10.2. The van der Waals surface area contributed by atoms with Crippen molar-refractivity contribution in [3.8, 4) is 6.07 Å². The third kappa shape index (κ3) is 2.46. The lowest BCUT2D eigenvalue weighted by atomic mass is 10.1. The van der Waals surface area contributed by atoms with Crippen LogP contribution in [0.4, 0.5) is 15.8 Å². The Labute approximate surface area is 105 Å². The summed E-state index contributed by atoms with van der Waals surface area (Å²) in [6.45, 7) is 3.79. The van der Waals surface area contributed by atoms with Gasteiger partial charge in [-0.3, -0.25) is 4.98 Å². The van der Waals surface area contributed by atoms with Gasteiger partial charge in [0.15, 0.2) is 0 Å². The third-order valence-electron chi connectivity index (χ3n) is 2.60. The molecule has 0 aliphatic rings. The Balaban J connectivity index is 2.37. The van der Waals surface area contributed by atoms with E-state index >= 15 is 0 Å². The van der Waals surface area contributed by atoms with Crippen molar-refractivity contribution in [2.45, 2.75) is 13.8 Å². The first-order chi connectivity index (χ1) is 8.60. The van der Waals surface area contributed by atoms with Gasteiger partial charge in [-0.25, -0.2) is 4.39 Å². The first-order valence-corrected chi connectivity index (χ1v) is 5.51. The monoisotopic (exact) mass is 241 g/mol. The number of benzene rings is 1. The molecule has 1 N–H and O–H groups in total. The lowest BCUT2D eigenvalue weighted by Gasteiger charge is -2.10. The number of anilines is 2. The van der Waals surface area contributed by atoms with E-state index in [1.54, 1.807) is 6.07 Å². The number of aryl methyl sites for hydroxylation is 2. The highest BCUT2D eigenvalue weighted by molar-refractivity contribution is 5.67. The molecular weight excluding hydrogens is 229 g/mol. The largest absolute Gasteiger partial charge is 0.353 e. The predicted octanol–water partition coefficient (Wildman–Crippen LogP) is 3.45. The molecule has 90 valence electrons. The summed E-state index contributed by atoms with van der Waals surface area (Å²) in [5.41, 5.74) is 3.42. The molecule has 0 bridgehead atoms. The number of nitrogens with zero attached hydrogens (tertiary/aromatic N) is 2. The van der Waals surface area contributed by atoms with Gasteiger partial charge < -0.3 is 5.32 Å². The van der Waals surface area contributed by atoms with Crippen molar-refractivity contribution in [2.24, 2.45) is 0 Å². The molecule has 2 aromatic rings. The number of hydrogen-bond acceptors (Lipinski definition) is 3. The molecule has 0 aliphatic heterocycles. The molecule has 4 heteroatoms. The minimum Gasteiger partial charge on any atom is -0.353 e. The summed E-state index contributed by atoms with van der Waals surface area (Å²) in [6.07, 6.45) is 0. The van der Waals surface area contributed by atoms with Crippen LogP contribution < -0.4 is 5.32 Å². The van der Waals surface area contributed by atoms with E-state index in [2.05, 4.69) is 10.3 Å². The molecule has 0 radical (unpaired) electrons. The molecule has 0 fully saturated rings. The number of nitriles is 1. The van der Waals surface area contributed by atoms with E-state index in [9.17, 15) is 4.39 Å². The van der Waals surface area contributed by atoms with E-state index < -0.39 is 5.82 Å². The molecule has 1 heterocycles. The van der Waals surface area contributed by atoms with Gasteiger partial charge in [0, 0.05) is 5.69 Å². The highest BCUT2D eigenvalue weighted by Gasteiger charge is 2.06. The summed E-state index contributed by atoms with van der Waals surface area (Å²) in [7, 11) is 0. The lowest BCUT2D eigenvalue weighted by Crippen LogP contribution is -1.98. The summed E-state index contributed by atoms with van der Waals surface area (Å²) in [5, 5.41) is 12.1. The molecule has 0 spiro atoms. The number of hydrogen-bond donors (Lipinski definition) is 1. The van der Waals surface area contributed by atoms with Gasteiger partial charge >= 0.3 is 0 Å². The van der Waals surface area contributed by atoms with Gasteiger partial charge in [0.1, 0.15) is 11.9 Å². The topological polar surface area (TPSA) is 48.7 Å². The SMILES string of the molecule is Cc1ccc(Nc2ccc(F)cc2C#N)c(C)n1. The summed E-state index contributed by atoms with van der Waals surface area (Å²) >= 11 is 0. The second kappa shape index (κ2) is 4.84. The van der Waals surface area contributed by atoms with Crippen molar-refractivity contribution in [2.75, 3.05) is 5.32 Å². The summed E-state index contributed by atoms with van der Waals surface area (Å²) in [4.78, 5) is 4.32. The second-order valence-electron chi connectivity index (χ2n) is 4.01. The minimum absolute atomic E-state index is 0.273. The molecule has 0 amide bonds. The minimum atomic E-state index is -0.421. The van der Waals surface area contributed by atoms with Gasteiger partial charge in [0.05, 0.1) is 22.6 Å². The van der Waals surface area contributed by atoms with Crippen molar-refractivity contribution < 1.29 is 4.39 Å². The molecule has 0 atom stereocenters. The highest BCUT2D eigenvalue weighted by Crippen LogP contribution is 2.23. The van der Waals surface area contributed by atoms with Crippen molar-refractivity contribution in [3.63, 3.8) is 0 Å². The molecule has 18 heavy (non-hydrogen) atoms. The quantitative estimate of drug-likeness (QED) is 0.876. The zero-order valence-corrected chi connectivity index (χ0v) is 10.2. The third-order valence-corrected chi connectivity index (χ3v) is 2.60. The molecule has 0 aliphatic carbocycles. The van der Waals surface area contributed by atoms with Crippen LogP contribution in [0.2, 0.25) is 0 Å². The fourth-order valence-electron chi connectivity index (χ4n) is 1.68. The van der Waals surface area contributed by atoms with E-state index in [-0.39, 0.29) is 5.56 Å². The van der Waals surface area contributed by atoms with E-state index in [1.165, 1.54) is 12.1 Å². The average molecular weight is 241 g/mol. The Morgan fingerprint density at radius 2 is 1.89 bits per heavy atom. The number of aromatic nitrogens is 1. The second-order valence-corrected chi connectivity index (χ2v) is 4.01. The van der Waals surface area contributed by atoms with Gasteiger partial charge in [-0.15, -0.1) is 0 Å². The van der Waals surface area contributed by atoms with Crippen LogP contribution in [0.5, 0.6) is 0 Å². The number of rotatable bonds is 2. The number of pyridine rings is 1. The standard InChI is InChI=1S/C14H12FN3/c1-9-3-5-13(10(2)17-9)18-14-6-4-12(15)7-11(14)8-16/h3-7,18H,1-2H3. The molecule has 0 saturated heterocycles. The normalized spacial score (nSPS) is 9.89. The van der Waals surface area contributed by atoms with Gasteiger partial charge in [-0.05, 0) is 44.2 Å². The van der Waals surface area contributed by atoms with Crippen molar-refractivity contribution >= 4 is 11.4 Å². The lowest BCUT2D eigenvalue weighted by molar-refractivity contribution is 0.627. The average Bonchev–Trinajstić information content (AvgIpc) is 2.34. The van der Waals surface area contributed by atoms with Crippen molar-refractivity contribution in [1.82, 2.24) is 4.98 Å². The molecule has 1 aromatic heterocycles. The summed E-state index contributed by atoms with van der Waals surface area (Å²) in [5.74, 6) is -0.421. The Kier molecular flexibility index (Phi) is 3.24. The molecule has 2 rings (SSSR count). The smallest absolute Gasteiger partial charge is 0.124 e. The van der Waals surface area contributed by atoms with Crippen LogP contribution in [0, 0.1) is 31.0 Å². The zero-order chi connectivity index (χ0) is 13.1. The van der Waals surface area contributed by atoms with Crippen molar-refractivity contribution in [3.05, 3.63) is 53.1 Å². The van der Waals surface area contributed by atoms with Crippen LogP contribution in [-0.2, 0) is 0 Å². The van der Waals surface area contributed by atoms with Crippen LogP contribution in [0.25, 0.3) is 0 Å². The van der Waals surface area contributed by atoms with Gasteiger partial charge in [0.2, 0.25) is 0 Å². The van der Waals surface area contributed by atoms with Crippen LogP contribution in [0.15, 0.2) is 30.3 Å². The van der Waals surface area contributed by atoms with E-state index in [4.69, 9.17) is 5.26 Å². The Morgan fingerprint density at radius 3 is 2.56 bits per heavy atom. The number of halogens is 1. The molecular formula is C14H12FN3. The van der Waals surface area contributed by atoms with Gasteiger partial charge in [-0.1, -0.05) is 0 Å². The molecule has 0 unspecified atom stereocenters. The van der Waals surface area contributed by atoms with E-state index in [0.717, 1.165) is 17.1 Å². The van der Waals surface area contributed by atoms with E-state index in [1.807, 2.05) is 32.0 Å². The molecule has 0 saturated carbocycles. The maximum Gasteiger partial charge on any atom is 0.124 e. The fraction of sp³-hybridized carbons (Fsp3) is 0.143. The molecule has 1 aromatic carbocycles. The first kappa shape index (κ1) is 12.1. The Bertz CT molecular complexity index is 629.